The highest BCUT2D eigenvalue weighted by atomic mass is 79.9. The average Bonchev–Trinajstić information content (AvgIpc) is 2.49. The van der Waals surface area contributed by atoms with Gasteiger partial charge in [-0.2, -0.15) is 0 Å². The molecule has 0 saturated heterocycles. The Morgan fingerprint density at radius 2 is 2.00 bits per heavy atom. The van der Waals surface area contributed by atoms with Crippen LogP contribution in [0, 0.1) is 0 Å². The Morgan fingerprint density at radius 1 is 1.25 bits per heavy atom. The zero-order valence-electron chi connectivity index (χ0n) is 11.3. The van der Waals surface area contributed by atoms with E-state index in [9.17, 15) is 0 Å². The van der Waals surface area contributed by atoms with Crippen molar-refractivity contribution in [1.29, 1.82) is 0 Å². The van der Waals surface area contributed by atoms with Gasteiger partial charge in [0.1, 0.15) is 5.75 Å². The molecule has 4 nitrogen and oxygen atoms in total. The van der Waals surface area contributed by atoms with E-state index in [0.29, 0.717) is 0 Å². The third-order valence-corrected chi connectivity index (χ3v) is 3.96. The number of hydrazine groups is 1. The number of halogens is 1. The summed E-state index contributed by atoms with van der Waals surface area (Å²) in [5.41, 5.74) is 5.26. The molecule has 2 rings (SSSR count). The molecule has 1 atom stereocenters. The van der Waals surface area contributed by atoms with Gasteiger partial charge in [0.2, 0.25) is 0 Å². The monoisotopic (exact) mass is 335 g/mol. The number of methoxy groups -OCH3 is 1. The molecule has 0 amide bonds. The molecule has 3 N–H and O–H groups in total. The average molecular weight is 336 g/mol. The Kier molecular flexibility index (Phi) is 5.52. The van der Waals surface area contributed by atoms with Gasteiger partial charge >= 0.3 is 0 Å². The van der Waals surface area contributed by atoms with E-state index in [1.807, 2.05) is 30.3 Å². The minimum Gasteiger partial charge on any atom is -0.497 e. The number of aromatic nitrogens is 1. The lowest BCUT2D eigenvalue weighted by Crippen LogP contribution is -2.38. The first-order chi connectivity index (χ1) is 9.72. The van der Waals surface area contributed by atoms with Gasteiger partial charge in [0.15, 0.2) is 0 Å². The van der Waals surface area contributed by atoms with Crippen LogP contribution in [0.2, 0.25) is 0 Å². The smallest absolute Gasteiger partial charge is 0.119 e. The van der Waals surface area contributed by atoms with Gasteiger partial charge in [-0.3, -0.25) is 16.3 Å². The van der Waals surface area contributed by atoms with Crippen molar-refractivity contribution in [2.75, 3.05) is 7.11 Å². The summed E-state index contributed by atoms with van der Waals surface area (Å²) in [5, 5.41) is 0. The van der Waals surface area contributed by atoms with Gasteiger partial charge in [-0.25, -0.2) is 0 Å². The van der Waals surface area contributed by atoms with E-state index in [4.69, 9.17) is 10.6 Å². The second-order valence-electron chi connectivity index (χ2n) is 4.58. The van der Waals surface area contributed by atoms with E-state index < -0.39 is 0 Å². The van der Waals surface area contributed by atoms with E-state index in [-0.39, 0.29) is 6.04 Å². The molecule has 0 fully saturated rings. The van der Waals surface area contributed by atoms with Crippen LogP contribution in [-0.2, 0) is 12.8 Å². The Balaban J connectivity index is 2.10. The molecule has 0 saturated carbocycles. The minimum absolute atomic E-state index is 0.154. The normalized spacial score (nSPS) is 12.2. The fourth-order valence-electron chi connectivity index (χ4n) is 2.09. The van der Waals surface area contributed by atoms with Gasteiger partial charge in [-0.1, -0.05) is 15.9 Å². The lowest BCUT2D eigenvalue weighted by atomic mass is 10.00. The summed E-state index contributed by atoms with van der Waals surface area (Å²) in [6.07, 6.45) is 5.26. The molecule has 1 unspecified atom stereocenters. The van der Waals surface area contributed by atoms with E-state index in [1.165, 1.54) is 11.1 Å². The maximum Gasteiger partial charge on any atom is 0.119 e. The molecule has 106 valence electrons. The van der Waals surface area contributed by atoms with Crippen LogP contribution in [0.25, 0.3) is 0 Å². The topological polar surface area (TPSA) is 60.2 Å². The number of benzene rings is 1. The molecule has 0 radical (unpaired) electrons. The zero-order chi connectivity index (χ0) is 14.4. The second-order valence-corrected chi connectivity index (χ2v) is 5.44. The maximum atomic E-state index is 5.68. The van der Waals surface area contributed by atoms with Crippen molar-refractivity contribution in [2.24, 2.45) is 5.84 Å². The van der Waals surface area contributed by atoms with Gasteiger partial charge in [0.05, 0.1) is 7.11 Å². The molecule has 2 aromatic rings. The molecular formula is C15H18BrN3O. The Morgan fingerprint density at radius 3 is 2.65 bits per heavy atom. The lowest BCUT2D eigenvalue weighted by molar-refractivity contribution is 0.413. The molecule has 1 aromatic carbocycles. The fraction of sp³-hybridized carbons (Fsp3) is 0.267. The first kappa shape index (κ1) is 15.0. The van der Waals surface area contributed by atoms with Crippen molar-refractivity contribution in [3.8, 4) is 5.75 Å². The molecule has 20 heavy (non-hydrogen) atoms. The molecule has 1 heterocycles. The van der Waals surface area contributed by atoms with Crippen molar-refractivity contribution in [1.82, 2.24) is 10.4 Å². The number of nitrogens with one attached hydrogen (secondary N) is 1. The van der Waals surface area contributed by atoms with Crippen LogP contribution >= 0.6 is 15.9 Å². The Labute approximate surface area is 127 Å². The van der Waals surface area contributed by atoms with Crippen molar-refractivity contribution in [3.05, 3.63) is 58.3 Å². The summed E-state index contributed by atoms with van der Waals surface area (Å²) >= 11 is 3.57. The van der Waals surface area contributed by atoms with Crippen molar-refractivity contribution in [3.63, 3.8) is 0 Å². The van der Waals surface area contributed by atoms with Gasteiger partial charge in [-0.15, -0.1) is 0 Å². The number of hydrogen-bond acceptors (Lipinski definition) is 4. The highest BCUT2D eigenvalue weighted by Gasteiger charge is 2.12. The Bertz CT molecular complexity index is 548. The van der Waals surface area contributed by atoms with Crippen LogP contribution in [0.4, 0.5) is 0 Å². The molecule has 1 aromatic heterocycles. The van der Waals surface area contributed by atoms with Crippen molar-refractivity contribution in [2.45, 2.75) is 18.9 Å². The van der Waals surface area contributed by atoms with Gasteiger partial charge < -0.3 is 4.74 Å². The maximum absolute atomic E-state index is 5.68. The summed E-state index contributed by atoms with van der Waals surface area (Å²) < 4.78 is 6.33. The van der Waals surface area contributed by atoms with Crippen LogP contribution in [0.15, 0.2) is 47.2 Å². The first-order valence-electron chi connectivity index (χ1n) is 6.40. The molecule has 0 aliphatic rings. The predicted octanol–water partition coefficient (Wildman–Crippen LogP) is 2.47. The molecule has 0 aliphatic heterocycles. The third kappa shape index (κ3) is 4.03. The molecule has 0 spiro atoms. The summed E-state index contributed by atoms with van der Waals surface area (Å²) in [6, 6.07) is 10.1. The number of hydrogen-bond donors (Lipinski definition) is 2. The largest absolute Gasteiger partial charge is 0.497 e. The summed E-state index contributed by atoms with van der Waals surface area (Å²) in [7, 11) is 1.67. The van der Waals surface area contributed by atoms with E-state index in [1.54, 1.807) is 19.5 Å². The van der Waals surface area contributed by atoms with Crippen LogP contribution in [0.3, 0.4) is 0 Å². The van der Waals surface area contributed by atoms with Crippen molar-refractivity contribution >= 4 is 15.9 Å². The number of pyridine rings is 1. The number of nitrogens with zero attached hydrogens (tertiary/aromatic N) is 1. The van der Waals surface area contributed by atoms with Crippen molar-refractivity contribution < 1.29 is 4.74 Å². The minimum atomic E-state index is 0.154. The van der Waals surface area contributed by atoms with Crippen LogP contribution in [0.1, 0.15) is 11.1 Å². The van der Waals surface area contributed by atoms with Crippen LogP contribution in [0.5, 0.6) is 5.75 Å². The standard InChI is InChI=1S/C15H18BrN3O/c1-20-14-2-3-15(16)12(10-14)9-13(19-17)8-11-4-6-18-7-5-11/h2-7,10,13,19H,8-9,17H2,1H3. The lowest BCUT2D eigenvalue weighted by Gasteiger charge is -2.17. The number of ether oxygens (including phenoxy) is 1. The van der Waals surface area contributed by atoms with E-state index in [0.717, 1.165) is 23.1 Å². The summed E-state index contributed by atoms with van der Waals surface area (Å²) in [5.74, 6) is 6.53. The molecular weight excluding hydrogens is 318 g/mol. The third-order valence-electron chi connectivity index (χ3n) is 3.19. The number of nitrogens with two attached hydrogens (primary N) is 1. The van der Waals surface area contributed by atoms with E-state index >= 15 is 0 Å². The van der Waals surface area contributed by atoms with E-state index in [2.05, 4.69) is 26.3 Å². The molecule has 0 aliphatic carbocycles. The quantitative estimate of drug-likeness (QED) is 0.628. The fourth-order valence-corrected chi connectivity index (χ4v) is 2.50. The summed E-state index contributed by atoms with van der Waals surface area (Å²) in [6.45, 7) is 0. The molecule has 5 heteroatoms. The number of rotatable bonds is 6. The van der Waals surface area contributed by atoms with Crippen LogP contribution in [-0.4, -0.2) is 18.1 Å². The molecule has 0 bridgehead atoms. The highest BCUT2D eigenvalue weighted by Crippen LogP contribution is 2.24. The second kappa shape index (κ2) is 7.38. The highest BCUT2D eigenvalue weighted by molar-refractivity contribution is 9.10. The predicted molar refractivity (Wildman–Crippen MR) is 83.5 cm³/mol. The SMILES string of the molecule is COc1ccc(Br)c(CC(Cc2ccncc2)NN)c1. The Hall–Kier alpha value is -1.43. The van der Waals surface area contributed by atoms with Crippen LogP contribution < -0.4 is 16.0 Å². The first-order valence-corrected chi connectivity index (χ1v) is 7.19. The summed E-state index contributed by atoms with van der Waals surface area (Å²) in [4.78, 5) is 4.02. The van der Waals surface area contributed by atoms with Gasteiger partial charge in [0, 0.05) is 22.9 Å². The zero-order valence-corrected chi connectivity index (χ0v) is 12.9. The van der Waals surface area contributed by atoms with Gasteiger partial charge in [0.25, 0.3) is 0 Å². The van der Waals surface area contributed by atoms with Gasteiger partial charge in [-0.05, 0) is 54.3 Å².